The highest BCUT2D eigenvalue weighted by Gasteiger charge is 2.12. The molecule has 1 aliphatic heterocycles. The smallest absolute Gasteiger partial charge is 0.253 e. The van der Waals surface area contributed by atoms with E-state index >= 15 is 0 Å². The number of carbonyl (C=O) groups excluding carboxylic acids is 1. The summed E-state index contributed by atoms with van der Waals surface area (Å²) in [6.45, 7) is 5.71. The molecule has 1 aromatic heterocycles. The van der Waals surface area contributed by atoms with E-state index in [1.807, 2.05) is 6.92 Å². The Morgan fingerprint density at radius 1 is 1.35 bits per heavy atom. The third kappa shape index (κ3) is 4.20. The predicted octanol–water partition coefficient (Wildman–Crippen LogP) is 1.58. The van der Waals surface area contributed by atoms with Crippen LogP contribution in [0, 0.1) is 6.92 Å². The number of nitrogens with one attached hydrogen (secondary N) is 1. The number of pyridine rings is 1. The van der Waals surface area contributed by atoms with Gasteiger partial charge in [0.25, 0.3) is 5.91 Å². The molecule has 0 bridgehead atoms. The second-order valence-electron chi connectivity index (χ2n) is 5.41. The first-order chi connectivity index (χ1) is 9.66. The molecule has 0 unspecified atom stereocenters. The van der Waals surface area contributed by atoms with Gasteiger partial charge >= 0.3 is 0 Å². The van der Waals surface area contributed by atoms with Gasteiger partial charge in [-0.2, -0.15) is 0 Å². The van der Waals surface area contributed by atoms with Crippen molar-refractivity contribution in [2.75, 3.05) is 31.9 Å². The molecule has 110 valence electrons. The van der Waals surface area contributed by atoms with Crippen molar-refractivity contribution in [1.29, 1.82) is 0 Å². The van der Waals surface area contributed by atoms with Crippen LogP contribution in [0.5, 0.6) is 0 Å². The van der Waals surface area contributed by atoms with Crippen molar-refractivity contribution >= 4 is 11.6 Å². The predicted molar refractivity (Wildman–Crippen MR) is 80.6 cm³/mol. The largest absolute Gasteiger partial charge is 0.397 e. The molecule has 2 rings (SSSR count). The summed E-state index contributed by atoms with van der Waals surface area (Å²) < 4.78 is 0. The summed E-state index contributed by atoms with van der Waals surface area (Å²) in [5.41, 5.74) is 7.48. The number of aromatic nitrogens is 1. The molecule has 1 saturated heterocycles. The SMILES string of the molecule is Cc1ncc(N)cc1C(=O)NCCN1CCCCCC1. The molecule has 0 aliphatic carbocycles. The number of nitrogens with two attached hydrogens (primary N) is 1. The highest BCUT2D eigenvalue weighted by atomic mass is 16.1. The number of nitrogens with zero attached hydrogens (tertiary/aromatic N) is 2. The number of aryl methyl sites for hydroxylation is 1. The first-order valence-electron chi connectivity index (χ1n) is 7.39. The van der Waals surface area contributed by atoms with Crippen molar-refractivity contribution in [3.63, 3.8) is 0 Å². The maximum absolute atomic E-state index is 12.1. The first-order valence-corrected chi connectivity index (χ1v) is 7.39. The molecule has 20 heavy (non-hydrogen) atoms. The van der Waals surface area contributed by atoms with Gasteiger partial charge in [0, 0.05) is 13.1 Å². The second-order valence-corrected chi connectivity index (χ2v) is 5.41. The van der Waals surface area contributed by atoms with E-state index in [-0.39, 0.29) is 5.91 Å². The zero-order chi connectivity index (χ0) is 14.4. The van der Waals surface area contributed by atoms with E-state index in [2.05, 4.69) is 15.2 Å². The lowest BCUT2D eigenvalue weighted by atomic mass is 10.2. The van der Waals surface area contributed by atoms with Gasteiger partial charge in [0.05, 0.1) is 23.1 Å². The Bertz CT molecular complexity index is 453. The third-order valence-corrected chi connectivity index (χ3v) is 3.76. The van der Waals surface area contributed by atoms with E-state index < -0.39 is 0 Å². The summed E-state index contributed by atoms with van der Waals surface area (Å²) >= 11 is 0. The van der Waals surface area contributed by atoms with Crippen molar-refractivity contribution in [2.45, 2.75) is 32.6 Å². The molecule has 5 heteroatoms. The topological polar surface area (TPSA) is 71.2 Å². The number of nitrogen functional groups attached to an aromatic ring is 1. The van der Waals surface area contributed by atoms with Gasteiger partial charge in [0.2, 0.25) is 0 Å². The number of hydrogen-bond donors (Lipinski definition) is 2. The maximum atomic E-state index is 12.1. The lowest BCUT2D eigenvalue weighted by Crippen LogP contribution is -2.35. The van der Waals surface area contributed by atoms with Crippen LogP contribution in [0.4, 0.5) is 5.69 Å². The normalized spacial score (nSPS) is 16.6. The minimum atomic E-state index is -0.0860. The molecule has 1 aliphatic rings. The molecule has 1 aromatic rings. The molecule has 1 amide bonds. The van der Waals surface area contributed by atoms with Gasteiger partial charge < -0.3 is 16.0 Å². The fourth-order valence-electron chi connectivity index (χ4n) is 2.56. The fraction of sp³-hybridized carbons (Fsp3) is 0.600. The zero-order valence-corrected chi connectivity index (χ0v) is 12.2. The number of hydrogen-bond acceptors (Lipinski definition) is 4. The Morgan fingerprint density at radius 3 is 2.75 bits per heavy atom. The summed E-state index contributed by atoms with van der Waals surface area (Å²) in [6, 6.07) is 1.68. The van der Waals surface area contributed by atoms with Crippen LogP contribution in [0.1, 0.15) is 41.7 Å². The molecule has 0 radical (unpaired) electrons. The average Bonchev–Trinajstić information content (AvgIpc) is 2.70. The lowest BCUT2D eigenvalue weighted by Gasteiger charge is -2.19. The molecule has 5 nitrogen and oxygen atoms in total. The van der Waals surface area contributed by atoms with Gasteiger partial charge in [0.1, 0.15) is 0 Å². The van der Waals surface area contributed by atoms with Crippen molar-refractivity contribution in [1.82, 2.24) is 15.2 Å². The van der Waals surface area contributed by atoms with Crippen LogP contribution in [0.15, 0.2) is 12.3 Å². The van der Waals surface area contributed by atoms with E-state index in [4.69, 9.17) is 5.73 Å². The summed E-state index contributed by atoms with van der Waals surface area (Å²) in [6.07, 6.45) is 6.77. The number of rotatable bonds is 4. The molecular weight excluding hydrogens is 252 g/mol. The average molecular weight is 276 g/mol. The molecule has 0 saturated carbocycles. The van der Waals surface area contributed by atoms with E-state index in [0.717, 1.165) is 19.6 Å². The Kier molecular flexibility index (Phi) is 5.35. The highest BCUT2D eigenvalue weighted by molar-refractivity contribution is 5.95. The molecule has 1 fully saturated rings. The molecular formula is C15H24N4O. The van der Waals surface area contributed by atoms with Gasteiger partial charge in [-0.1, -0.05) is 12.8 Å². The van der Waals surface area contributed by atoms with Gasteiger partial charge in [0.15, 0.2) is 0 Å². The van der Waals surface area contributed by atoms with Crippen molar-refractivity contribution in [3.8, 4) is 0 Å². The van der Waals surface area contributed by atoms with Gasteiger partial charge in [-0.3, -0.25) is 9.78 Å². The number of likely N-dealkylation sites (tertiary alicyclic amines) is 1. The lowest BCUT2D eigenvalue weighted by molar-refractivity contribution is 0.0947. The van der Waals surface area contributed by atoms with Gasteiger partial charge in [-0.25, -0.2) is 0 Å². The van der Waals surface area contributed by atoms with Crippen LogP contribution >= 0.6 is 0 Å². The van der Waals surface area contributed by atoms with Crippen LogP contribution < -0.4 is 11.1 Å². The second kappa shape index (κ2) is 7.24. The number of amides is 1. The minimum absolute atomic E-state index is 0.0860. The Morgan fingerprint density at radius 2 is 2.05 bits per heavy atom. The molecule has 0 atom stereocenters. The molecule has 3 N–H and O–H groups in total. The van der Waals surface area contributed by atoms with Crippen LogP contribution in [-0.2, 0) is 0 Å². The summed E-state index contributed by atoms with van der Waals surface area (Å²) in [4.78, 5) is 18.6. The Hall–Kier alpha value is -1.62. The number of anilines is 1. The zero-order valence-electron chi connectivity index (χ0n) is 12.2. The van der Waals surface area contributed by atoms with E-state index in [0.29, 0.717) is 23.5 Å². The Labute approximate surface area is 120 Å². The molecule has 0 spiro atoms. The standard InChI is InChI=1S/C15H24N4O/c1-12-14(10-13(16)11-18-12)15(20)17-6-9-19-7-4-2-3-5-8-19/h10-11H,2-9,16H2,1H3,(H,17,20). The molecule has 0 aromatic carbocycles. The van der Waals surface area contributed by atoms with E-state index in [1.54, 1.807) is 12.3 Å². The quantitative estimate of drug-likeness (QED) is 0.876. The summed E-state index contributed by atoms with van der Waals surface area (Å²) in [5, 5.41) is 2.96. The summed E-state index contributed by atoms with van der Waals surface area (Å²) in [5.74, 6) is -0.0860. The van der Waals surface area contributed by atoms with Gasteiger partial charge in [-0.15, -0.1) is 0 Å². The van der Waals surface area contributed by atoms with Gasteiger partial charge in [-0.05, 0) is 38.9 Å². The van der Waals surface area contributed by atoms with E-state index in [1.165, 1.54) is 25.7 Å². The van der Waals surface area contributed by atoms with E-state index in [9.17, 15) is 4.79 Å². The number of carbonyl (C=O) groups is 1. The van der Waals surface area contributed by atoms with Crippen LogP contribution in [-0.4, -0.2) is 42.0 Å². The molecule has 2 heterocycles. The first kappa shape index (κ1) is 14.8. The summed E-state index contributed by atoms with van der Waals surface area (Å²) in [7, 11) is 0. The fourth-order valence-corrected chi connectivity index (χ4v) is 2.56. The third-order valence-electron chi connectivity index (χ3n) is 3.76. The van der Waals surface area contributed by atoms with Crippen LogP contribution in [0.25, 0.3) is 0 Å². The highest BCUT2D eigenvalue weighted by Crippen LogP contribution is 2.10. The van der Waals surface area contributed by atoms with Crippen molar-refractivity contribution in [3.05, 3.63) is 23.5 Å². The van der Waals surface area contributed by atoms with Crippen molar-refractivity contribution < 1.29 is 4.79 Å². The minimum Gasteiger partial charge on any atom is -0.397 e. The van der Waals surface area contributed by atoms with Crippen LogP contribution in [0.2, 0.25) is 0 Å². The van der Waals surface area contributed by atoms with Crippen LogP contribution in [0.3, 0.4) is 0 Å². The maximum Gasteiger partial charge on any atom is 0.253 e. The Balaban J connectivity index is 1.81. The van der Waals surface area contributed by atoms with Crippen molar-refractivity contribution in [2.24, 2.45) is 0 Å². The monoisotopic (exact) mass is 276 g/mol.